The Hall–Kier alpha value is -1.06. The zero-order chi connectivity index (χ0) is 12.3. The number of aryl methyl sites for hydroxylation is 1. The molecule has 2 nitrogen and oxygen atoms in total. The summed E-state index contributed by atoms with van der Waals surface area (Å²) < 4.78 is 0.895. The number of aromatic nitrogens is 1. The minimum absolute atomic E-state index is 0.715. The largest absolute Gasteiger partial charge is 0.381 e. The van der Waals surface area contributed by atoms with Gasteiger partial charge in [-0.25, -0.2) is 0 Å². The molecule has 0 amide bonds. The van der Waals surface area contributed by atoms with E-state index in [-0.39, 0.29) is 0 Å². The molecule has 0 bridgehead atoms. The third-order valence-electron chi connectivity index (χ3n) is 2.39. The monoisotopic (exact) mass is 310 g/mol. The predicted molar refractivity (Wildman–Crippen MR) is 75.5 cm³/mol. The Morgan fingerprint density at radius 3 is 2.76 bits per heavy atom. The van der Waals surface area contributed by atoms with E-state index in [0.717, 1.165) is 28.0 Å². The molecule has 0 unspecified atom stereocenters. The Kier molecular flexibility index (Phi) is 4.02. The van der Waals surface area contributed by atoms with Gasteiger partial charge < -0.3 is 5.32 Å². The lowest BCUT2D eigenvalue weighted by atomic mass is 10.2. The molecule has 4 heteroatoms. The summed E-state index contributed by atoms with van der Waals surface area (Å²) in [6.07, 6.45) is 1.88. The number of nitrogens with zero attached hydrogens (tertiary/aromatic N) is 1. The van der Waals surface area contributed by atoms with Crippen LogP contribution in [0.5, 0.6) is 0 Å². The highest BCUT2D eigenvalue weighted by Gasteiger charge is 1.99. The molecule has 1 aromatic carbocycles. The van der Waals surface area contributed by atoms with Crippen LogP contribution >= 0.6 is 27.5 Å². The maximum absolute atomic E-state index is 5.93. The Bertz CT molecular complexity index is 511. The molecule has 88 valence electrons. The van der Waals surface area contributed by atoms with Crippen molar-refractivity contribution >= 4 is 33.2 Å². The van der Waals surface area contributed by atoms with E-state index in [1.54, 1.807) is 0 Å². The van der Waals surface area contributed by atoms with Gasteiger partial charge in [-0.05, 0) is 52.7 Å². The summed E-state index contributed by atoms with van der Waals surface area (Å²) in [4.78, 5) is 4.25. The summed E-state index contributed by atoms with van der Waals surface area (Å²) >= 11 is 9.33. The van der Waals surface area contributed by atoms with Gasteiger partial charge in [0.2, 0.25) is 0 Å². The van der Waals surface area contributed by atoms with Crippen LogP contribution in [0, 0.1) is 6.92 Å². The number of pyridine rings is 1. The normalized spacial score (nSPS) is 10.3. The SMILES string of the molecule is Cc1ccc(CNc2ccc(Cl)c(Br)c2)cn1. The maximum atomic E-state index is 5.93. The topological polar surface area (TPSA) is 24.9 Å². The van der Waals surface area contributed by atoms with Crippen LogP contribution in [0.25, 0.3) is 0 Å². The average Bonchev–Trinajstić information content (AvgIpc) is 2.33. The molecule has 0 atom stereocenters. The number of nitrogens with one attached hydrogen (secondary N) is 1. The Balaban J connectivity index is 2.02. The van der Waals surface area contributed by atoms with Gasteiger partial charge in [0.1, 0.15) is 0 Å². The third kappa shape index (κ3) is 3.45. The molecule has 1 N–H and O–H groups in total. The third-order valence-corrected chi connectivity index (χ3v) is 3.60. The molecule has 0 radical (unpaired) electrons. The van der Waals surface area contributed by atoms with Crippen LogP contribution in [0.4, 0.5) is 5.69 Å². The van der Waals surface area contributed by atoms with Gasteiger partial charge in [0, 0.05) is 28.6 Å². The number of hydrogen-bond acceptors (Lipinski definition) is 2. The number of anilines is 1. The molecule has 1 aromatic heterocycles. The minimum Gasteiger partial charge on any atom is -0.381 e. The molecule has 0 aliphatic rings. The van der Waals surface area contributed by atoms with Gasteiger partial charge in [0.05, 0.1) is 5.02 Å². The van der Waals surface area contributed by atoms with E-state index in [1.165, 1.54) is 0 Å². The van der Waals surface area contributed by atoms with Crippen LogP contribution in [-0.2, 0) is 6.54 Å². The molecule has 0 spiro atoms. The second kappa shape index (κ2) is 5.52. The molecular formula is C13H12BrClN2. The highest BCUT2D eigenvalue weighted by Crippen LogP contribution is 2.25. The van der Waals surface area contributed by atoms with Gasteiger partial charge in [-0.3, -0.25) is 4.98 Å². The summed E-state index contributed by atoms with van der Waals surface area (Å²) in [6, 6.07) is 9.86. The van der Waals surface area contributed by atoms with Crippen molar-refractivity contribution in [2.45, 2.75) is 13.5 Å². The summed E-state index contributed by atoms with van der Waals surface area (Å²) in [5.74, 6) is 0. The van der Waals surface area contributed by atoms with Gasteiger partial charge in [-0.1, -0.05) is 17.7 Å². The van der Waals surface area contributed by atoms with Crippen molar-refractivity contribution in [2.24, 2.45) is 0 Å². The Labute approximate surface area is 114 Å². The van der Waals surface area contributed by atoms with E-state index in [1.807, 2.05) is 37.4 Å². The molecule has 0 saturated heterocycles. The van der Waals surface area contributed by atoms with Crippen LogP contribution in [0.3, 0.4) is 0 Å². The van der Waals surface area contributed by atoms with Gasteiger partial charge in [-0.15, -0.1) is 0 Å². The minimum atomic E-state index is 0.715. The first-order valence-electron chi connectivity index (χ1n) is 5.25. The standard InChI is InChI=1S/C13H12BrClN2/c1-9-2-3-10(7-16-9)8-17-11-4-5-13(15)12(14)6-11/h2-7,17H,8H2,1H3. The second-order valence-corrected chi connectivity index (χ2v) is 5.05. The van der Waals surface area contributed by atoms with Crippen LogP contribution in [0.1, 0.15) is 11.3 Å². The van der Waals surface area contributed by atoms with Gasteiger partial charge in [-0.2, -0.15) is 0 Å². The highest BCUT2D eigenvalue weighted by molar-refractivity contribution is 9.10. The molecular weight excluding hydrogens is 300 g/mol. The summed E-state index contributed by atoms with van der Waals surface area (Å²) in [5.41, 5.74) is 3.21. The van der Waals surface area contributed by atoms with E-state index in [0.29, 0.717) is 5.02 Å². The zero-order valence-electron chi connectivity index (χ0n) is 9.37. The molecule has 0 aliphatic heterocycles. The smallest absolute Gasteiger partial charge is 0.0549 e. The zero-order valence-corrected chi connectivity index (χ0v) is 11.7. The average molecular weight is 312 g/mol. The van der Waals surface area contributed by atoms with E-state index in [4.69, 9.17) is 11.6 Å². The second-order valence-electron chi connectivity index (χ2n) is 3.79. The van der Waals surface area contributed by atoms with E-state index >= 15 is 0 Å². The molecule has 1 heterocycles. The van der Waals surface area contributed by atoms with E-state index in [2.05, 4.69) is 32.3 Å². The van der Waals surface area contributed by atoms with Crippen molar-refractivity contribution in [3.63, 3.8) is 0 Å². The molecule has 2 rings (SSSR count). The fraction of sp³-hybridized carbons (Fsp3) is 0.154. The molecule has 0 saturated carbocycles. The molecule has 0 fully saturated rings. The lowest BCUT2D eigenvalue weighted by Crippen LogP contribution is -2.00. The fourth-order valence-electron chi connectivity index (χ4n) is 1.41. The van der Waals surface area contributed by atoms with Crippen molar-refractivity contribution < 1.29 is 0 Å². The number of benzene rings is 1. The molecule has 0 aliphatic carbocycles. The lowest BCUT2D eigenvalue weighted by Gasteiger charge is -2.07. The lowest BCUT2D eigenvalue weighted by molar-refractivity contribution is 1.08. The first kappa shape index (κ1) is 12.4. The Morgan fingerprint density at radius 1 is 1.29 bits per heavy atom. The quantitative estimate of drug-likeness (QED) is 0.907. The molecule has 17 heavy (non-hydrogen) atoms. The first-order chi connectivity index (χ1) is 8.15. The number of rotatable bonds is 3. The fourth-order valence-corrected chi connectivity index (χ4v) is 1.91. The predicted octanol–water partition coefficient (Wildman–Crippen LogP) is 4.42. The van der Waals surface area contributed by atoms with Crippen molar-refractivity contribution in [3.8, 4) is 0 Å². The van der Waals surface area contributed by atoms with Gasteiger partial charge in [0.25, 0.3) is 0 Å². The Morgan fingerprint density at radius 2 is 2.12 bits per heavy atom. The van der Waals surface area contributed by atoms with Gasteiger partial charge in [0.15, 0.2) is 0 Å². The van der Waals surface area contributed by atoms with Crippen molar-refractivity contribution in [1.29, 1.82) is 0 Å². The van der Waals surface area contributed by atoms with Crippen LogP contribution in [-0.4, -0.2) is 4.98 Å². The van der Waals surface area contributed by atoms with Crippen molar-refractivity contribution in [3.05, 3.63) is 57.3 Å². The molecule has 2 aromatic rings. The summed E-state index contributed by atoms with van der Waals surface area (Å²) in [7, 11) is 0. The van der Waals surface area contributed by atoms with Crippen LogP contribution in [0.15, 0.2) is 41.0 Å². The van der Waals surface area contributed by atoms with Crippen molar-refractivity contribution in [2.75, 3.05) is 5.32 Å². The first-order valence-corrected chi connectivity index (χ1v) is 6.43. The number of hydrogen-bond donors (Lipinski definition) is 1. The maximum Gasteiger partial charge on any atom is 0.0549 e. The highest BCUT2D eigenvalue weighted by atomic mass is 79.9. The van der Waals surface area contributed by atoms with Crippen molar-refractivity contribution in [1.82, 2.24) is 4.98 Å². The van der Waals surface area contributed by atoms with E-state index in [9.17, 15) is 0 Å². The van der Waals surface area contributed by atoms with Crippen LogP contribution < -0.4 is 5.32 Å². The van der Waals surface area contributed by atoms with E-state index < -0.39 is 0 Å². The number of halogens is 2. The summed E-state index contributed by atoms with van der Waals surface area (Å²) in [5, 5.41) is 4.04. The summed E-state index contributed by atoms with van der Waals surface area (Å²) in [6.45, 7) is 2.73. The van der Waals surface area contributed by atoms with Crippen LogP contribution in [0.2, 0.25) is 5.02 Å². The van der Waals surface area contributed by atoms with Gasteiger partial charge >= 0.3 is 0 Å².